The molecule has 7 heteroatoms. The van der Waals surface area contributed by atoms with Crippen LogP contribution in [0.5, 0.6) is 0 Å². The van der Waals surface area contributed by atoms with E-state index >= 15 is 0 Å². The number of rotatable bonds is 3. The Morgan fingerprint density at radius 1 is 1.59 bits per heavy atom. The molecule has 2 atom stereocenters. The highest BCUT2D eigenvalue weighted by Crippen LogP contribution is 2.08. The van der Waals surface area contributed by atoms with E-state index in [2.05, 4.69) is 42.3 Å². The summed E-state index contributed by atoms with van der Waals surface area (Å²) in [6.45, 7) is 0.598. The van der Waals surface area contributed by atoms with Gasteiger partial charge in [0.05, 0.1) is 18.0 Å². The van der Waals surface area contributed by atoms with Crippen LogP contribution < -0.4 is 16.3 Å². The van der Waals surface area contributed by atoms with Gasteiger partial charge in [-0.05, 0) is 12.1 Å². The average molecular weight is 298 g/mol. The summed E-state index contributed by atoms with van der Waals surface area (Å²) in [7, 11) is 0. The molecule has 0 aliphatic carbocycles. The molecule has 6 nitrogen and oxygen atoms in total. The van der Waals surface area contributed by atoms with Crippen molar-refractivity contribution in [3.8, 4) is 0 Å². The number of hydrogen-bond donors (Lipinski definition) is 3. The van der Waals surface area contributed by atoms with Crippen molar-refractivity contribution in [2.45, 2.75) is 10.9 Å². The topological polar surface area (TPSA) is 78.4 Å². The molecule has 1 amide bonds. The zero-order valence-corrected chi connectivity index (χ0v) is 10.5. The van der Waals surface area contributed by atoms with Gasteiger partial charge >= 0.3 is 0 Å². The highest BCUT2D eigenvalue weighted by Gasteiger charge is 2.29. The van der Waals surface area contributed by atoms with Crippen molar-refractivity contribution < 1.29 is 4.79 Å². The van der Waals surface area contributed by atoms with E-state index < -0.39 is 0 Å². The average Bonchev–Trinajstić information content (AvgIpc) is 2.36. The van der Waals surface area contributed by atoms with E-state index in [4.69, 9.17) is 0 Å². The van der Waals surface area contributed by atoms with E-state index in [0.29, 0.717) is 6.54 Å². The molecule has 2 heterocycles. The second-order valence-corrected chi connectivity index (χ2v) is 4.51. The number of amides is 1. The molecule has 1 aromatic rings. The lowest BCUT2D eigenvalue weighted by atomic mass is 10.2. The van der Waals surface area contributed by atoms with Crippen LogP contribution >= 0.6 is 15.9 Å². The summed E-state index contributed by atoms with van der Waals surface area (Å²) in [5.74, 6) is -0.109. The number of carbonyl (C=O) groups excluding carboxylic acids is 1. The standard InChI is InChI=1S/C10H12BrN5O/c11-9-8(6-14-16-10(9)17)15-13-5-7-3-1-2-4-12-7/h1-5,8-9,14-15H,6H2,(H,16,17)/b13-5-. The van der Waals surface area contributed by atoms with Gasteiger partial charge in [0.15, 0.2) is 0 Å². The number of pyridine rings is 1. The zero-order chi connectivity index (χ0) is 12.1. The van der Waals surface area contributed by atoms with Crippen molar-refractivity contribution in [3.05, 3.63) is 30.1 Å². The highest BCUT2D eigenvalue weighted by molar-refractivity contribution is 9.10. The van der Waals surface area contributed by atoms with Gasteiger partial charge in [0.1, 0.15) is 4.83 Å². The monoisotopic (exact) mass is 297 g/mol. The Labute approximate surface area is 107 Å². The molecule has 1 fully saturated rings. The van der Waals surface area contributed by atoms with Gasteiger partial charge in [0.25, 0.3) is 0 Å². The second kappa shape index (κ2) is 5.74. The normalized spacial score (nSPS) is 24.6. The molecule has 2 unspecified atom stereocenters. The molecular weight excluding hydrogens is 286 g/mol. The Morgan fingerprint density at radius 3 is 3.24 bits per heavy atom. The van der Waals surface area contributed by atoms with Crippen LogP contribution in [-0.2, 0) is 4.79 Å². The van der Waals surface area contributed by atoms with E-state index in [1.807, 2.05) is 18.2 Å². The van der Waals surface area contributed by atoms with E-state index in [0.717, 1.165) is 5.69 Å². The van der Waals surface area contributed by atoms with Crippen LogP contribution in [0.15, 0.2) is 29.5 Å². The van der Waals surface area contributed by atoms with Gasteiger partial charge in [-0.3, -0.25) is 15.2 Å². The fourth-order valence-corrected chi connectivity index (χ4v) is 1.79. The summed E-state index contributed by atoms with van der Waals surface area (Å²) in [5, 5.41) is 4.06. The molecule has 17 heavy (non-hydrogen) atoms. The first-order valence-corrected chi connectivity index (χ1v) is 6.05. The number of aromatic nitrogens is 1. The van der Waals surface area contributed by atoms with Gasteiger partial charge < -0.3 is 5.43 Å². The maximum absolute atomic E-state index is 11.3. The number of hydrazone groups is 1. The van der Waals surface area contributed by atoms with Crippen LogP contribution in [0.25, 0.3) is 0 Å². The summed E-state index contributed by atoms with van der Waals surface area (Å²) >= 11 is 3.30. The minimum absolute atomic E-state index is 0.0938. The fourth-order valence-electron chi connectivity index (χ4n) is 1.37. The largest absolute Gasteiger partial charge is 0.304 e. The quantitative estimate of drug-likeness (QED) is 0.409. The first kappa shape index (κ1) is 12.0. The number of halogens is 1. The Kier molecular flexibility index (Phi) is 4.05. The third-order valence-electron chi connectivity index (χ3n) is 2.26. The lowest BCUT2D eigenvalue weighted by Gasteiger charge is -2.27. The van der Waals surface area contributed by atoms with Crippen molar-refractivity contribution in [3.63, 3.8) is 0 Å². The number of hydrazine groups is 1. The van der Waals surface area contributed by atoms with E-state index in [1.54, 1.807) is 12.4 Å². The van der Waals surface area contributed by atoms with Crippen LogP contribution in [0, 0.1) is 0 Å². The molecule has 1 aliphatic rings. The lowest BCUT2D eigenvalue weighted by molar-refractivity contribution is -0.123. The first-order valence-electron chi connectivity index (χ1n) is 5.14. The molecule has 0 spiro atoms. The van der Waals surface area contributed by atoms with Crippen molar-refractivity contribution >= 4 is 28.1 Å². The van der Waals surface area contributed by atoms with Crippen LogP contribution in [0.2, 0.25) is 0 Å². The molecule has 0 bridgehead atoms. The molecule has 1 saturated heterocycles. The summed E-state index contributed by atoms with van der Waals surface area (Å²) in [4.78, 5) is 15.1. The Bertz CT molecular complexity index is 410. The van der Waals surface area contributed by atoms with Crippen LogP contribution in [-0.4, -0.2) is 34.5 Å². The Balaban J connectivity index is 1.89. The lowest BCUT2D eigenvalue weighted by Crippen LogP contribution is -2.59. The van der Waals surface area contributed by atoms with Gasteiger partial charge in [0, 0.05) is 12.7 Å². The van der Waals surface area contributed by atoms with Gasteiger partial charge in [0.2, 0.25) is 5.91 Å². The molecule has 1 aliphatic heterocycles. The number of carbonyl (C=O) groups is 1. The molecule has 0 aromatic carbocycles. The van der Waals surface area contributed by atoms with E-state index in [-0.39, 0.29) is 16.8 Å². The molecule has 0 radical (unpaired) electrons. The predicted octanol–water partition coefficient (Wildman–Crippen LogP) is -0.228. The molecule has 90 valence electrons. The van der Waals surface area contributed by atoms with Gasteiger partial charge in [-0.15, -0.1) is 0 Å². The van der Waals surface area contributed by atoms with Crippen LogP contribution in [0.3, 0.4) is 0 Å². The van der Waals surface area contributed by atoms with Gasteiger partial charge in [-0.25, -0.2) is 5.43 Å². The Morgan fingerprint density at radius 2 is 2.47 bits per heavy atom. The van der Waals surface area contributed by atoms with Crippen molar-refractivity contribution in [2.24, 2.45) is 5.10 Å². The van der Waals surface area contributed by atoms with Crippen molar-refractivity contribution in [2.75, 3.05) is 6.54 Å². The zero-order valence-electron chi connectivity index (χ0n) is 8.93. The molecule has 3 N–H and O–H groups in total. The third kappa shape index (κ3) is 3.24. The highest BCUT2D eigenvalue weighted by atomic mass is 79.9. The molecule has 0 saturated carbocycles. The van der Waals surface area contributed by atoms with Crippen molar-refractivity contribution in [1.82, 2.24) is 21.3 Å². The van der Waals surface area contributed by atoms with Crippen LogP contribution in [0.4, 0.5) is 0 Å². The second-order valence-electron chi connectivity index (χ2n) is 3.52. The van der Waals surface area contributed by atoms with E-state index in [1.165, 1.54) is 0 Å². The number of hydrogen-bond acceptors (Lipinski definition) is 5. The SMILES string of the molecule is O=C1NNCC(N/N=C\c2ccccn2)C1Br. The molecule has 2 rings (SSSR count). The Hall–Kier alpha value is -1.47. The maximum atomic E-state index is 11.3. The summed E-state index contributed by atoms with van der Waals surface area (Å²) in [6.07, 6.45) is 3.32. The number of nitrogens with one attached hydrogen (secondary N) is 3. The minimum atomic E-state index is -0.301. The van der Waals surface area contributed by atoms with Gasteiger partial charge in [-0.2, -0.15) is 5.10 Å². The number of nitrogens with zero attached hydrogens (tertiary/aromatic N) is 2. The molecule has 1 aromatic heterocycles. The van der Waals surface area contributed by atoms with Gasteiger partial charge in [-0.1, -0.05) is 22.0 Å². The first-order chi connectivity index (χ1) is 8.27. The third-order valence-corrected chi connectivity index (χ3v) is 3.32. The summed E-state index contributed by atoms with van der Waals surface area (Å²) in [6, 6.07) is 5.48. The smallest absolute Gasteiger partial charge is 0.250 e. The van der Waals surface area contributed by atoms with Crippen molar-refractivity contribution in [1.29, 1.82) is 0 Å². The van der Waals surface area contributed by atoms with Crippen LogP contribution in [0.1, 0.15) is 5.69 Å². The predicted molar refractivity (Wildman–Crippen MR) is 67.6 cm³/mol. The number of alkyl halides is 1. The summed E-state index contributed by atoms with van der Waals surface area (Å²) < 4.78 is 0. The van der Waals surface area contributed by atoms with E-state index in [9.17, 15) is 4.79 Å². The maximum Gasteiger partial charge on any atom is 0.250 e. The fraction of sp³-hybridized carbons (Fsp3) is 0.300. The summed E-state index contributed by atoms with van der Waals surface area (Å²) in [5.41, 5.74) is 8.98. The minimum Gasteiger partial charge on any atom is -0.304 e. The molecular formula is C10H12BrN5O.